The molecule has 0 amide bonds. The maximum absolute atomic E-state index is 12.9. The van der Waals surface area contributed by atoms with Gasteiger partial charge in [0, 0.05) is 35.3 Å². The highest BCUT2D eigenvalue weighted by Crippen LogP contribution is 2.32. The summed E-state index contributed by atoms with van der Waals surface area (Å²) in [5.74, 6) is 0.115. The van der Waals surface area contributed by atoms with Gasteiger partial charge in [0.1, 0.15) is 0 Å². The summed E-state index contributed by atoms with van der Waals surface area (Å²) < 4.78 is 0. The summed E-state index contributed by atoms with van der Waals surface area (Å²) in [6.07, 6.45) is 4.96. The second-order valence-electron chi connectivity index (χ2n) is 4.93. The van der Waals surface area contributed by atoms with Gasteiger partial charge >= 0.3 is 0 Å². The van der Waals surface area contributed by atoms with E-state index in [1.54, 1.807) is 12.4 Å². The minimum atomic E-state index is -0.466. The minimum Gasteiger partial charge on any atom is -0.329 e. The van der Waals surface area contributed by atoms with Gasteiger partial charge in [-0.05, 0) is 18.2 Å². The second kappa shape index (κ2) is 5.49. The van der Waals surface area contributed by atoms with Gasteiger partial charge in [0.2, 0.25) is 0 Å². The average molecular weight is 256 g/mol. The summed E-state index contributed by atoms with van der Waals surface area (Å²) in [7, 11) is 0. The lowest BCUT2D eigenvalue weighted by molar-refractivity contribution is 0.0789. The number of rotatable bonds is 5. The van der Waals surface area contributed by atoms with Gasteiger partial charge in [0.05, 0.1) is 0 Å². The second-order valence-corrected chi connectivity index (χ2v) is 4.93. The molecule has 0 saturated heterocycles. The summed E-state index contributed by atoms with van der Waals surface area (Å²) in [4.78, 5) is 17.0. The van der Waals surface area contributed by atoms with E-state index in [-0.39, 0.29) is 5.78 Å². The normalized spacial score (nSPS) is 11.7. The van der Waals surface area contributed by atoms with Gasteiger partial charge in [0.25, 0.3) is 0 Å². The Kier molecular flexibility index (Phi) is 3.96. The van der Waals surface area contributed by atoms with Crippen LogP contribution in [0.4, 0.5) is 0 Å². The van der Waals surface area contributed by atoms with Crippen LogP contribution in [0, 0.1) is 5.41 Å². The first kappa shape index (κ1) is 13.7. The molecule has 1 aromatic carbocycles. The van der Waals surface area contributed by atoms with Crippen molar-refractivity contribution in [1.29, 1.82) is 0 Å². The molecular formula is C16H20N2O. The molecule has 3 heteroatoms. The minimum absolute atomic E-state index is 0.115. The van der Waals surface area contributed by atoms with Gasteiger partial charge in [-0.2, -0.15) is 0 Å². The fourth-order valence-electron chi connectivity index (χ4n) is 2.54. The zero-order valence-corrected chi connectivity index (χ0v) is 11.5. The first-order chi connectivity index (χ1) is 9.18. The summed E-state index contributed by atoms with van der Waals surface area (Å²) in [5, 5.41) is 1.95. The largest absolute Gasteiger partial charge is 0.329 e. The Morgan fingerprint density at radius 2 is 1.89 bits per heavy atom. The first-order valence-electron chi connectivity index (χ1n) is 6.76. The molecule has 1 heterocycles. The van der Waals surface area contributed by atoms with Crippen molar-refractivity contribution in [3.05, 3.63) is 42.2 Å². The van der Waals surface area contributed by atoms with E-state index in [1.807, 2.05) is 38.1 Å². The number of carbonyl (C=O) groups is 1. The van der Waals surface area contributed by atoms with Crippen molar-refractivity contribution in [2.45, 2.75) is 26.7 Å². The maximum Gasteiger partial charge on any atom is 0.172 e. The molecule has 0 spiro atoms. The molecule has 19 heavy (non-hydrogen) atoms. The molecular weight excluding hydrogens is 236 g/mol. The zero-order chi connectivity index (χ0) is 13.9. The lowest BCUT2D eigenvalue weighted by Crippen LogP contribution is -2.37. The fourth-order valence-corrected chi connectivity index (χ4v) is 2.54. The van der Waals surface area contributed by atoms with Crippen molar-refractivity contribution < 1.29 is 4.79 Å². The monoisotopic (exact) mass is 256 g/mol. The third-order valence-electron chi connectivity index (χ3n) is 4.14. The van der Waals surface area contributed by atoms with Crippen molar-refractivity contribution in [3.8, 4) is 0 Å². The summed E-state index contributed by atoms with van der Waals surface area (Å²) >= 11 is 0. The number of pyridine rings is 1. The van der Waals surface area contributed by atoms with Gasteiger partial charge in [-0.1, -0.05) is 38.1 Å². The predicted molar refractivity (Wildman–Crippen MR) is 78.1 cm³/mol. The van der Waals surface area contributed by atoms with Crippen LogP contribution in [0.5, 0.6) is 0 Å². The number of nitrogens with two attached hydrogens (primary N) is 1. The van der Waals surface area contributed by atoms with Gasteiger partial charge in [-0.25, -0.2) is 0 Å². The van der Waals surface area contributed by atoms with E-state index in [9.17, 15) is 4.79 Å². The molecule has 100 valence electrons. The number of carbonyl (C=O) groups excluding carboxylic acids is 1. The third kappa shape index (κ3) is 2.26. The van der Waals surface area contributed by atoms with Crippen LogP contribution in [-0.4, -0.2) is 17.3 Å². The molecule has 0 aliphatic carbocycles. The summed E-state index contributed by atoms with van der Waals surface area (Å²) in [5.41, 5.74) is 6.09. The molecule has 0 aliphatic heterocycles. The zero-order valence-electron chi connectivity index (χ0n) is 11.5. The molecule has 0 saturated carbocycles. The van der Waals surface area contributed by atoms with E-state index >= 15 is 0 Å². The number of Topliss-reactive ketones (excluding diaryl/α,β-unsaturated/α-hetero) is 1. The van der Waals surface area contributed by atoms with Crippen molar-refractivity contribution in [1.82, 2.24) is 4.98 Å². The lowest BCUT2D eigenvalue weighted by Gasteiger charge is -2.28. The molecule has 2 rings (SSSR count). The highest BCUT2D eigenvalue weighted by Gasteiger charge is 2.34. The molecule has 0 atom stereocenters. The standard InChI is InChI=1S/C16H20N2O/c1-3-16(4-2,11-17)15(19)14-10-18-9-12-7-5-6-8-13(12)14/h5-10H,3-4,11,17H2,1-2H3. The Bertz CT molecular complexity index is 575. The number of benzene rings is 1. The number of ketones is 1. The SMILES string of the molecule is CCC(CC)(CN)C(=O)c1cncc2ccccc12. The number of hydrogen-bond acceptors (Lipinski definition) is 3. The van der Waals surface area contributed by atoms with Crippen molar-refractivity contribution in [3.63, 3.8) is 0 Å². The maximum atomic E-state index is 12.9. The van der Waals surface area contributed by atoms with Gasteiger partial charge < -0.3 is 5.73 Å². The molecule has 0 bridgehead atoms. The number of aromatic nitrogens is 1. The molecule has 2 aromatic rings. The van der Waals surface area contributed by atoms with E-state index in [2.05, 4.69) is 4.98 Å². The number of nitrogens with zero attached hydrogens (tertiary/aromatic N) is 1. The Morgan fingerprint density at radius 3 is 2.53 bits per heavy atom. The Labute approximate surface area is 113 Å². The van der Waals surface area contributed by atoms with E-state index in [4.69, 9.17) is 5.73 Å². The molecule has 0 unspecified atom stereocenters. The van der Waals surface area contributed by atoms with Crippen LogP contribution < -0.4 is 5.73 Å². The van der Waals surface area contributed by atoms with Crippen LogP contribution in [0.25, 0.3) is 10.8 Å². The predicted octanol–water partition coefficient (Wildman–Crippen LogP) is 3.18. The van der Waals surface area contributed by atoms with E-state index in [0.29, 0.717) is 12.1 Å². The van der Waals surface area contributed by atoms with Crippen LogP contribution in [0.3, 0.4) is 0 Å². The smallest absolute Gasteiger partial charge is 0.172 e. The highest BCUT2D eigenvalue weighted by molar-refractivity contribution is 6.10. The van der Waals surface area contributed by atoms with Crippen LogP contribution in [0.1, 0.15) is 37.0 Å². The topological polar surface area (TPSA) is 56.0 Å². The molecule has 1 aromatic heterocycles. The quantitative estimate of drug-likeness (QED) is 0.836. The van der Waals surface area contributed by atoms with E-state index in [0.717, 1.165) is 23.6 Å². The van der Waals surface area contributed by atoms with Gasteiger partial charge in [-0.3, -0.25) is 9.78 Å². The lowest BCUT2D eigenvalue weighted by atomic mass is 9.75. The van der Waals surface area contributed by atoms with Crippen LogP contribution >= 0.6 is 0 Å². The Hall–Kier alpha value is -1.74. The van der Waals surface area contributed by atoms with Crippen LogP contribution in [-0.2, 0) is 0 Å². The molecule has 0 aliphatic rings. The molecule has 3 nitrogen and oxygen atoms in total. The number of hydrogen-bond donors (Lipinski definition) is 1. The van der Waals surface area contributed by atoms with E-state index in [1.165, 1.54) is 0 Å². The van der Waals surface area contributed by atoms with E-state index < -0.39 is 5.41 Å². The number of fused-ring (bicyclic) bond motifs is 1. The van der Waals surface area contributed by atoms with Crippen LogP contribution in [0.2, 0.25) is 0 Å². The highest BCUT2D eigenvalue weighted by atomic mass is 16.1. The third-order valence-corrected chi connectivity index (χ3v) is 4.14. The van der Waals surface area contributed by atoms with Gasteiger partial charge in [-0.15, -0.1) is 0 Å². The fraction of sp³-hybridized carbons (Fsp3) is 0.375. The first-order valence-corrected chi connectivity index (χ1v) is 6.76. The van der Waals surface area contributed by atoms with Crippen molar-refractivity contribution in [2.75, 3.05) is 6.54 Å². The summed E-state index contributed by atoms with van der Waals surface area (Å²) in [6.45, 7) is 4.42. The Balaban J connectivity index is 2.58. The van der Waals surface area contributed by atoms with Crippen LogP contribution in [0.15, 0.2) is 36.7 Å². The van der Waals surface area contributed by atoms with Gasteiger partial charge in [0.15, 0.2) is 5.78 Å². The summed E-state index contributed by atoms with van der Waals surface area (Å²) in [6, 6.07) is 7.84. The molecule has 0 fully saturated rings. The van der Waals surface area contributed by atoms with Crippen molar-refractivity contribution in [2.24, 2.45) is 11.1 Å². The van der Waals surface area contributed by atoms with Crippen molar-refractivity contribution >= 4 is 16.6 Å². The molecule has 2 N–H and O–H groups in total. The Morgan fingerprint density at radius 1 is 1.21 bits per heavy atom. The molecule has 0 radical (unpaired) electrons. The average Bonchev–Trinajstić information content (AvgIpc) is 2.49.